The molecule has 114 valence electrons. The van der Waals surface area contributed by atoms with Crippen molar-refractivity contribution in [2.24, 2.45) is 5.73 Å². The highest BCUT2D eigenvalue weighted by molar-refractivity contribution is 5.74. The molecule has 0 aliphatic rings. The fourth-order valence-electron chi connectivity index (χ4n) is 1.69. The lowest BCUT2D eigenvalue weighted by Gasteiger charge is -2.14. The van der Waals surface area contributed by atoms with Crippen LogP contribution in [0.3, 0.4) is 0 Å². The Balaban J connectivity index is 3.25. The fourth-order valence-corrected chi connectivity index (χ4v) is 1.69. The van der Waals surface area contributed by atoms with Gasteiger partial charge in [0.15, 0.2) is 0 Å². The van der Waals surface area contributed by atoms with Crippen molar-refractivity contribution in [2.45, 2.75) is 26.3 Å². The van der Waals surface area contributed by atoms with Crippen molar-refractivity contribution in [3.8, 4) is 11.8 Å². The minimum atomic E-state index is -4.94. The molecule has 1 aromatic carbocycles. The van der Waals surface area contributed by atoms with E-state index >= 15 is 0 Å². The number of halogens is 3. The number of hydrogen-bond acceptors (Lipinski definition) is 5. The van der Waals surface area contributed by atoms with Gasteiger partial charge in [-0.1, -0.05) is 6.07 Å². The molecule has 0 bridgehead atoms. The second-order valence-electron chi connectivity index (χ2n) is 3.97. The van der Waals surface area contributed by atoms with E-state index in [4.69, 9.17) is 15.7 Å². The van der Waals surface area contributed by atoms with Gasteiger partial charge in [-0.05, 0) is 24.1 Å². The van der Waals surface area contributed by atoms with Gasteiger partial charge in [0, 0.05) is 6.54 Å². The summed E-state index contributed by atoms with van der Waals surface area (Å²) >= 11 is 0. The molecule has 0 aliphatic heterocycles. The molecule has 0 radical (unpaired) electrons. The van der Waals surface area contributed by atoms with E-state index in [1.165, 1.54) is 6.07 Å². The molecule has 8 heteroatoms. The van der Waals surface area contributed by atoms with Crippen molar-refractivity contribution >= 4 is 5.97 Å². The second-order valence-corrected chi connectivity index (χ2v) is 3.97. The number of carbonyl (C=O) groups is 1. The zero-order chi connectivity index (χ0) is 16.0. The lowest BCUT2D eigenvalue weighted by atomic mass is 10.0. The lowest BCUT2D eigenvalue weighted by molar-refractivity contribution is -0.274. The van der Waals surface area contributed by atoms with Crippen LogP contribution in [0, 0.1) is 11.3 Å². The monoisotopic (exact) mass is 302 g/mol. The van der Waals surface area contributed by atoms with Gasteiger partial charge >= 0.3 is 12.3 Å². The Bertz CT molecular complexity index is 565. The molecule has 0 aliphatic carbocycles. The summed E-state index contributed by atoms with van der Waals surface area (Å²) in [6, 6.07) is 4.03. The molecule has 2 N–H and O–H groups in total. The van der Waals surface area contributed by atoms with Crippen LogP contribution in [-0.2, 0) is 22.5 Å². The topological polar surface area (TPSA) is 85.3 Å². The van der Waals surface area contributed by atoms with Crippen molar-refractivity contribution in [1.82, 2.24) is 0 Å². The lowest BCUT2D eigenvalue weighted by Crippen LogP contribution is -2.19. The number of rotatable bonds is 5. The number of hydrogen-bond donors (Lipinski definition) is 1. The highest BCUT2D eigenvalue weighted by atomic mass is 19.4. The van der Waals surface area contributed by atoms with Crippen molar-refractivity contribution in [2.75, 3.05) is 6.61 Å². The highest BCUT2D eigenvalue weighted by Gasteiger charge is 2.33. The molecule has 1 rings (SSSR count). The zero-order valence-corrected chi connectivity index (χ0v) is 11.2. The predicted molar refractivity (Wildman–Crippen MR) is 66.1 cm³/mol. The summed E-state index contributed by atoms with van der Waals surface area (Å²) in [7, 11) is 0. The number of alkyl halides is 3. The van der Waals surface area contributed by atoms with Crippen molar-refractivity contribution in [1.29, 1.82) is 5.26 Å². The summed E-state index contributed by atoms with van der Waals surface area (Å²) in [5, 5.41) is 9.02. The number of carbonyl (C=O) groups excluding carboxylic acids is 1. The van der Waals surface area contributed by atoms with E-state index in [0.29, 0.717) is 5.56 Å². The van der Waals surface area contributed by atoms with Gasteiger partial charge in [0.25, 0.3) is 0 Å². The number of benzene rings is 1. The summed E-state index contributed by atoms with van der Waals surface area (Å²) < 4.78 is 45.6. The fraction of sp³-hybridized carbons (Fsp3) is 0.385. The van der Waals surface area contributed by atoms with E-state index in [1.807, 2.05) is 0 Å². The number of nitrogens with zero attached hydrogens (tertiary/aromatic N) is 1. The zero-order valence-electron chi connectivity index (χ0n) is 11.2. The number of nitrogens with two attached hydrogens (primary N) is 1. The molecule has 0 heterocycles. The molecule has 0 spiro atoms. The largest absolute Gasteiger partial charge is 0.573 e. The first kappa shape index (κ1) is 16.8. The predicted octanol–water partition coefficient (Wildman–Crippen LogP) is 2.02. The van der Waals surface area contributed by atoms with E-state index < -0.39 is 18.1 Å². The maximum Gasteiger partial charge on any atom is 0.573 e. The average Bonchev–Trinajstić information content (AvgIpc) is 2.36. The van der Waals surface area contributed by atoms with Crippen LogP contribution in [0.15, 0.2) is 12.1 Å². The van der Waals surface area contributed by atoms with E-state index in [-0.39, 0.29) is 30.7 Å². The molecular formula is C13H13F3N2O3. The number of ether oxygens (including phenoxy) is 2. The Morgan fingerprint density at radius 1 is 1.43 bits per heavy atom. The van der Waals surface area contributed by atoms with Crippen molar-refractivity contribution < 1.29 is 27.4 Å². The molecule has 0 unspecified atom stereocenters. The van der Waals surface area contributed by atoms with Crippen LogP contribution in [0.25, 0.3) is 0 Å². The Morgan fingerprint density at radius 2 is 2.10 bits per heavy atom. The summed E-state index contributed by atoms with van der Waals surface area (Å²) in [5.41, 5.74) is 5.43. The molecule has 1 aromatic rings. The minimum Gasteiger partial charge on any atom is -0.466 e. The van der Waals surface area contributed by atoms with E-state index in [2.05, 4.69) is 4.74 Å². The minimum absolute atomic E-state index is 0.0598. The third kappa shape index (κ3) is 4.96. The molecule has 0 saturated carbocycles. The summed E-state index contributed by atoms with van der Waals surface area (Å²) in [6.45, 7) is 1.66. The number of esters is 1. The molecule has 0 fully saturated rings. The third-order valence-electron chi connectivity index (χ3n) is 2.46. The van der Waals surface area contributed by atoms with Gasteiger partial charge in [-0.2, -0.15) is 5.26 Å². The number of nitriles is 1. The first-order valence-corrected chi connectivity index (χ1v) is 5.98. The molecule has 5 nitrogen and oxygen atoms in total. The van der Waals surface area contributed by atoms with Crippen LogP contribution >= 0.6 is 0 Å². The Labute approximate surface area is 119 Å². The normalized spacial score (nSPS) is 10.9. The van der Waals surface area contributed by atoms with Crippen molar-refractivity contribution in [3.05, 3.63) is 28.8 Å². The second kappa shape index (κ2) is 6.95. The third-order valence-corrected chi connectivity index (χ3v) is 2.46. The van der Waals surface area contributed by atoms with Crippen LogP contribution < -0.4 is 10.5 Å². The standard InChI is InChI=1S/C13H13F3N2O3/c1-2-20-12(19)5-9-3-8(6-17)4-11(10(9)7-18)21-13(14,15)16/h3-4H,2,5-6,17H2,1H3. The van der Waals surface area contributed by atoms with E-state index in [0.717, 1.165) is 6.07 Å². The Morgan fingerprint density at radius 3 is 2.57 bits per heavy atom. The quantitative estimate of drug-likeness (QED) is 0.841. The van der Waals surface area contributed by atoms with Crippen LogP contribution in [0.1, 0.15) is 23.6 Å². The molecule has 0 amide bonds. The van der Waals surface area contributed by atoms with Gasteiger partial charge in [-0.25, -0.2) is 0 Å². The first-order chi connectivity index (χ1) is 9.80. The van der Waals surface area contributed by atoms with Gasteiger partial charge in [-0.15, -0.1) is 13.2 Å². The molecule has 0 aromatic heterocycles. The summed E-state index contributed by atoms with van der Waals surface area (Å²) in [4.78, 5) is 11.5. The van der Waals surface area contributed by atoms with Crippen LogP contribution in [0.4, 0.5) is 13.2 Å². The molecule has 0 saturated heterocycles. The van der Waals surface area contributed by atoms with Crippen LogP contribution in [-0.4, -0.2) is 18.9 Å². The molecule has 0 atom stereocenters. The van der Waals surface area contributed by atoms with Crippen molar-refractivity contribution in [3.63, 3.8) is 0 Å². The summed E-state index contributed by atoms with van der Waals surface area (Å²) in [5.74, 6) is -1.33. The maximum absolute atomic E-state index is 12.4. The smallest absolute Gasteiger partial charge is 0.466 e. The van der Waals surface area contributed by atoms with Gasteiger partial charge in [0.05, 0.1) is 18.6 Å². The Hall–Kier alpha value is -2.27. The van der Waals surface area contributed by atoms with E-state index in [9.17, 15) is 18.0 Å². The SMILES string of the molecule is CCOC(=O)Cc1cc(CN)cc(OC(F)(F)F)c1C#N. The Kier molecular flexibility index (Phi) is 5.55. The van der Waals surface area contributed by atoms with Crippen LogP contribution in [0.5, 0.6) is 5.75 Å². The molecular weight excluding hydrogens is 289 g/mol. The van der Waals surface area contributed by atoms with Gasteiger partial charge in [-0.3, -0.25) is 4.79 Å². The van der Waals surface area contributed by atoms with Gasteiger partial charge in [0.2, 0.25) is 0 Å². The highest BCUT2D eigenvalue weighted by Crippen LogP contribution is 2.30. The average molecular weight is 302 g/mol. The molecule has 21 heavy (non-hydrogen) atoms. The van der Waals surface area contributed by atoms with E-state index in [1.54, 1.807) is 13.0 Å². The first-order valence-electron chi connectivity index (χ1n) is 5.98. The maximum atomic E-state index is 12.4. The summed E-state index contributed by atoms with van der Waals surface area (Å²) in [6.07, 6.45) is -5.28. The van der Waals surface area contributed by atoms with Gasteiger partial charge < -0.3 is 15.2 Å². The van der Waals surface area contributed by atoms with Crippen LogP contribution in [0.2, 0.25) is 0 Å². The van der Waals surface area contributed by atoms with Gasteiger partial charge in [0.1, 0.15) is 11.8 Å².